The highest BCUT2D eigenvalue weighted by molar-refractivity contribution is 6.10. The molecule has 0 atom stereocenters. The van der Waals surface area contributed by atoms with Crippen molar-refractivity contribution in [2.45, 2.75) is 13.5 Å². The second-order valence-electron chi connectivity index (χ2n) is 7.89. The van der Waals surface area contributed by atoms with E-state index in [1.165, 1.54) is 12.1 Å². The number of amides is 1. The molecule has 0 saturated heterocycles. The van der Waals surface area contributed by atoms with Crippen LogP contribution in [0, 0.1) is 12.7 Å². The maximum atomic E-state index is 13.4. The highest BCUT2D eigenvalue weighted by atomic mass is 19.1. The molecule has 33 heavy (non-hydrogen) atoms. The van der Waals surface area contributed by atoms with Gasteiger partial charge in [-0.1, -0.05) is 72.3 Å². The van der Waals surface area contributed by atoms with Gasteiger partial charge in [-0.05, 0) is 30.7 Å². The molecule has 0 aliphatic carbocycles. The monoisotopic (exact) mass is 436 g/mol. The Morgan fingerprint density at radius 2 is 1.67 bits per heavy atom. The molecule has 0 aliphatic heterocycles. The van der Waals surface area contributed by atoms with Crippen molar-refractivity contribution in [3.05, 3.63) is 107 Å². The third-order valence-electron chi connectivity index (χ3n) is 5.54. The predicted octanol–water partition coefficient (Wildman–Crippen LogP) is 5.67. The highest BCUT2D eigenvalue weighted by Crippen LogP contribution is 2.31. The molecule has 0 fully saturated rings. The average Bonchev–Trinajstić information content (AvgIpc) is 3.28. The zero-order chi connectivity index (χ0) is 22.8. The number of aromatic nitrogens is 3. The van der Waals surface area contributed by atoms with E-state index in [-0.39, 0.29) is 18.3 Å². The Balaban J connectivity index is 1.59. The van der Waals surface area contributed by atoms with Crippen molar-refractivity contribution in [1.29, 1.82) is 0 Å². The number of nitrogens with zero attached hydrogens (tertiary/aromatic N) is 2. The number of rotatable bonds is 5. The van der Waals surface area contributed by atoms with Crippen LogP contribution in [0.4, 0.5) is 4.39 Å². The summed E-state index contributed by atoms with van der Waals surface area (Å²) in [5.74, 6) is -0.562. The van der Waals surface area contributed by atoms with Gasteiger partial charge in [-0.3, -0.25) is 9.89 Å². The van der Waals surface area contributed by atoms with E-state index in [4.69, 9.17) is 4.98 Å². The summed E-state index contributed by atoms with van der Waals surface area (Å²) in [6.07, 6.45) is 0. The molecule has 5 rings (SSSR count). The molecule has 2 aromatic heterocycles. The van der Waals surface area contributed by atoms with Crippen LogP contribution < -0.4 is 5.32 Å². The summed E-state index contributed by atoms with van der Waals surface area (Å²) in [6.45, 7) is 2.30. The molecule has 5 nitrogen and oxygen atoms in total. The fraction of sp³-hybridized carbons (Fsp3) is 0.0741. The molecule has 0 saturated carbocycles. The number of hydrogen-bond donors (Lipinski definition) is 2. The van der Waals surface area contributed by atoms with Crippen LogP contribution in [0.25, 0.3) is 33.5 Å². The lowest BCUT2D eigenvalue weighted by atomic mass is 10.0. The second-order valence-corrected chi connectivity index (χ2v) is 7.89. The molecule has 1 amide bonds. The molecule has 0 radical (unpaired) electrons. The Labute approximate surface area is 190 Å². The van der Waals surface area contributed by atoms with Crippen LogP contribution in [-0.4, -0.2) is 21.1 Å². The first-order valence-electron chi connectivity index (χ1n) is 10.6. The van der Waals surface area contributed by atoms with E-state index in [0.717, 1.165) is 27.9 Å². The topological polar surface area (TPSA) is 70.7 Å². The van der Waals surface area contributed by atoms with Crippen LogP contribution in [0.15, 0.2) is 84.9 Å². The summed E-state index contributed by atoms with van der Waals surface area (Å²) in [5, 5.41) is 11.1. The Bertz CT molecular complexity index is 1430. The summed E-state index contributed by atoms with van der Waals surface area (Å²) in [5.41, 5.74) is 6.12. The normalized spacial score (nSPS) is 11.0. The van der Waals surface area contributed by atoms with E-state index in [1.54, 1.807) is 18.2 Å². The van der Waals surface area contributed by atoms with Gasteiger partial charge >= 0.3 is 0 Å². The van der Waals surface area contributed by atoms with Gasteiger partial charge in [-0.25, -0.2) is 9.37 Å². The minimum absolute atomic E-state index is 0.251. The standard InChI is InChI=1S/C27H21FN4O/c1-17-7-11-19(12-8-17)23-15-22(27(33)29-16-18-9-13-21(28)14-10-18)24-25(31-32-26(24)30-23)20-5-3-2-4-6-20/h2-15H,16H2,1H3,(H,29,33)(H,30,31,32). The van der Waals surface area contributed by atoms with Gasteiger partial charge in [-0.15, -0.1) is 0 Å². The second kappa shape index (κ2) is 8.67. The third-order valence-corrected chi connectivity index (χ3v) is 5.54. The number of nitrogens with one attached hydrogen (secondary N) is 2. The number of aryl methyl sites for hydroxylation is 1. The van der Waals surface area contributed by atoms with Crippen LogP contribution in [0.2, 0.25) is 0 Å². The van der Waals surface area contributed by atoms with Crippen molar-refractivity contribution in [2.24, 2.45) is 0 Å². The Morgan fingerprint density at radius 1 is 0.939 bits per heavy atom. The first-order chi connectivity index (χ1) is 16.1. The number of carbonyl (C=O) groups excluding carboxylic acids is 1. The molecule has 162 valence electrons. The summed E-state index contributed by atoms with van der Waals surface area (Å²) < 4.78 is 13.2. The van der Waals surface area contributed by atoms with Crippen LogP contribution >= 0.6 is 0 Å². The van der Waals surface area contributed by atoms with Crippen molar-refractivity contribution in [1.82, 2.24) is 20.5 Å². The molecule has 0 bridgehead atoms. The molecule has 2 heterocycles. The fourth-order valence-electron chi connectivity index (χ4n) is 3.77. The van der Waals surface area contributed by atoms with Crippen LogP contribution in [0.5, 0.6) is 0 Å². The van der Waals surface area contributed by atoms with E-state index in [1.807, 2.05) is 61.5 Å². The minimum Gasteiger partial charge on any atom is -0.348 e. The molecular weight excluding hydrogens is 415 g/mol. The first kappa shape index (κ1) is 20.6. The molecule has 0 aliphatic rings. The molecule has 6 heteroatoms. The number of pyridine rings is 1. The van der Waals surface area contributed by atoms with Gasteiger partial charge in [0.25, 0.3) is 5.91 Å². The van der Waals surface area contributed by atoms with Gasteiger partial charge in [0.2, 0.25) is 0 Å². The zero-order valence-electron chi connectivity index (χ0n) is 18.0. The molecular formula is C27H21FN4O. The van der Waals surface area contributed by atoms with Gasteiger partial charge in [-0.2, -0.15) is 5.10 Å². The highest BCUT2D eigenvalue weighted by Gasteiger charge is 2.20. The summed E-state index contributed by atoms with van der Waals surface area (Å²) in [7, 11) is 0. The maximum absolute atomic E-state index is 13.4. The van der Waals surface area contributed by atoms with E-state index in [9.17, 15) is 9.18 Å². The SMILES string of the molecule is Cc1ccc(-c2cc(C(=O)NCc3ccc(F)cc3)c3c(-c4ccccc4)[nH]nc3n2)cc1. The van der Waals surface area contributed by atoms with Crippen molar-refractivity contribution >= 4 is 16.9 Å². The van der Waals surface area contributed by atoms with Crippen molar-refractivity contribution < 1.29 is 9.18 Å². The lowest BCUT2D eigenvalue weighted by molar-refractivity contribution is 0.0952. The number of carbonyl (C=O) groups is 1. The van der Waals surface area contributed by atoms with Crippen LogP contribution in [-0.2, 0) is 6.54 Å². The van der Waals surface area contributed by atoms with Gasteiger partial charge in [0.1, 0.15) is 5.82 Å². The number of aromatic amines is 1. The van der Waals surface area contributed by atoms with Gasteiger partial charge in [0.15, 0.2) is 5.65 Å². The molecule has 5 aromatic rings. The number of H-pyrrole nitrogens is 1. The number of halogens is 1. The first-order valence-corrected chi connectivity index (χ1v) is 10.6. The van der Waals surface area contributed by atoms with Gasteiger partial charge in [0.05, 0.1) is 22.3 Å². The lowest BCUT2D eigenvalue weighted by Crippen LogP contribution is -2.23. The minimum atomic E-state index is -0.311. The number of hydrogen-bond acceptors (Lipinski definition) is 3. The molecule has 3 aromatic carbocycles. The van der Waals surface area contributed by atoms with Crippen LogP contribution in [0.3, 0.4) is 0 Å². The van der Waals surface area contributed by atoms with Crippen molar-refractivity contribution in [3.63, 3.8) is 0 Å². The molecule has 0 spiro atoms. The quantitative estimate of drug-likeness (QED) is 0.373. The van der Waals surface area contributed by atoms with E-state index >= 15 is 0 Å². The smallest absolute Gasteiger partial charge is 0.252 e. The largest absolute Gasteiger partial charge is 0.348 e. The van der Waals surface area contributed by atoms with Gasteiger partial charge < -0.3 is 5.32 Å². The molecule has 0 unspecified atom stereocenters. The van der Waals surface area contributed by atoms with Crippen molar-refractivity contribution in [2.75, 3.05) is 0 Å². The summed E-state index contributed by atoms with van der Waals surface area (Å²) >= 11 is 0. The Kier molecular flexibility index (Phi) is 5.40. The van der Waals surface area contributed by atoms with E-state index < -0.39 is 0 Å². The maximum Gasteiger partial charge on any atom is 0.252 e. The lowest BCUT2D eigenvalue weighted by Gasteiger charge is -2.10. The predicted molar refractivity (Wildman–Crippen MR) is 127 cm³/mol. The summed E-state index contributed by atoms with van der Waals surface area (Å²) in [6, 6.07) is 25.6. The fourth-order valence-corrected chi connectivity index (χ4v) is 3.77. The number of fused-ring (bicyclic) bond motifs is 1. The Hall–Kier alpha value is -4.32. The Morgan fingerprint density at radius 3 is 2.39 bits per heavy atom. The van der Waals surface area contributed by atoms with E-state index in [0.29, 0.717) is 22.3 Å². The van der Waals surface area contributed by atoms with Crippen molar-refractivity contribution in [3.8, 4) is 22.5 Å². The van der Waals surface area contributed by atoms with Gasteiger partial charge in [0, 0.05) is 17.7 Å². The summed E-state index contributed by atoms with van der Waals surface area (Å²) in [4.78, 5) is 18.1. The number of benzene rings is 3. The average molecular weight is 436 g/mol. The van der Waals surface area contributed by atoms with Crippen LogP contribution in [0.1, 0.15) is 21.5 Å². The van der Waals surface area contributed by atoms with E-state index in [2.05, 4.69) is 15.5 Å². The zero-order valence-corrected chi connectivity index (χ0v) is 18.0. The molecule has 2 N–H and O–H groups in total. The third kappa shape index (κ3) is 4.23.